The van der Waals surface area contributed by atoms with Gasteiger partial charge in [-0.05, 0) is 32.4 Å². The van der Waals surface area contributed by atoms with E-state index in [-0.39, 0.29) is 12.1 Å². The molecule has 6 nitrogen and oxygen atoms in total. The minimum absolute atomic E-state index is 0.224. The number of nitrogens with one attached hydrogen (secondary N) is 1. The molecular weight excluding hydrogens is 254 g/mol. The average molecular weight is 277 g/mol. The first-order valence-corrected chi connectivity index (χ1v) is 6.96. The highest BCUT2D eigenvalue weighted by Crippen LogP contribution is 2.10. The number of aliphatic hydroxyl groups excluding tert-OH is 1. The summed E-state index contributed by atoms with van der Waals surface area (Å²) in [5, 5.41) is 21.7. The first-order valence-electron chi connectivity index (χ1n) is 6.96. The maximum absolute atomic E-state index is 9.98. The van der Waals surface area contributed by atoms with Gasteiger partial charge in [-0.2, -0.15) is 10.2 Å². The van der Waals surface area contributed by atoms with Crippen molar-refractivity contribution in [1.82, 2.24) is 24.9 Å². The molecule has 0 fully saturated rings. The van der Waals surface area contributed by atoms with Gasteiger partial charge in [-0.15, -0.1) is 0 Å². The standard InChI is InChI=1S/C14H23N5O/c1-11-7-17-19(9-11)13(3)12(2)15-8-14(20)10-18-6-4-5-16-18/h4-7,9,12-15,20H,8,10H2,1-3H3. The Bertz CT molecular complexity index is 507. The lowest BCUT2D eigenvalue weighted by atomic mass is 10.1. The third-order valence-corrected chi connectivity index (χ3v) is 3.50. The summed E-state index contributed by atoms with van der Waals surface area (Å²) in [6, 6.07) is 2.31. The average Bonchev–Trinajstić information content (AvgIpc) is 3.06. The van der Waals surface area contributed by atoms with E-state index in [9.17, 15) is 5.11 Å². The van der Waals surface area contributed by atoms with Crippen LogP contribution in [0.25, 0.3) is 0 Å². The monoisotopic (exact) mass is 277 g/mol. The first kappa shape index (κ1) is 14.7. The highest BCUT2D eigenvalue weighted by molar-refractivity contribution is 5.00. The van der Waals surface area contributed by atoms with Crippen molar-refractivity contribution >= 4 is 0 Å². The number of hydrogen-bond acceptors (Lipinski definition) is 4. The van der Waals surface area contributed by atoms with E-state index in [1.54, 1.807) is 10.9 Å². The third kappa shape index (κ3) is 3.91. The van der Waals surface area contributed by atoms with Gasteiger partial charge in [0, 0.05) is 31.2 Å². The summed E-state index contributed by atoms with van der Waals surface area (Å²) >= 11 is 0. The minimum atomic E-state index is -0.455. The van der Waals surface area contributed by atoms with Gasteiger partial charge in [0.05, 0.1) is 24.9 Å². The van der Waals surface area contributed by atoms with Gasteiger partial charge in [0.15, 0.2) is 0 Å². The van der Waals surface area contributed by atoms with Crippen molar-refractivity contribution in [3.05, 3.63) is 36.4 Å². The molecule has 0 aliphatic carbocycles. The SMILES string of the molecule is Cc1cnn(C(C)C(C)NCC(O)Cn2cccn2)c1. The number of rotatable bonds is 7. The van der Waals surface area contributed by atoms with Crippen LogP contribution < -0.4 is 5.32 Å². The molecule has 0 aliphatic heterocycles. The zero-order chi connectivity index (χ0) is 14.5. The summed E-state index contributed by atoms with van der Waals surface area (Å²) < 4.78 is 3.68. The summed E-state index contributed by atoms with van der Waals surface area (Å²) in [6.07, 6.45) is 7.00. The molecule has 20 heavy (non-hydrogen) atoms. The Morgan fingerprint density at radius 2 is 2.15 bits per heavy atom. The molecule has 2 N–H and O–H groups in total. The summed E-state index contributed by atoms with van der Waals surface area (Å²) in [4.78, 5) is 0. The van der Waals surface area contributed by atoms with Crippen LogP contribution in [0.5, 0.6) is 0 Å². The van der Waals surface area contributed by atoms with E-state index in [4.69, 9.17) is 0 Å². The van der Waals surface area contributed by atoms with Crippen LogP contribution in [0.3, 0.4) is 0 Å². The Balaban J connectivity index is 1.78. The van der Waals surface area contributed by atoms with Crippen LogP contribution in [0.4, 0.5) is 0 Å². The van der Waals surface area contributed by atoms with Crippen LogP contribution in [0, 0.1) is 6.92 Å². The Labute approximate surface area is 119 Å². The van der Waals surface area contributed by atoms with Crippen LogP contribution in [0.2, 0.25) is 0 Å². The van der Waals surface area contributed by atoms with Crippen LogP contribution >= 0.6 is 0 Å². The molecule has 0 aliphatic rings. The fourth-order valence-corrected chi connectivity index (χ4v) is 2.07. The number of nitrogens with zero attached hydrogens (tertiary/aromatic N) is 4. The molecular formula is C14H23N5O. The van der Waals surface area contributed by atoms with Crippen molar-refractivity contribution in [2.24, 2.45) is 0 Å². The van der Waals surface area contributed by atoms with Crippen molar-refractivity contribution in [3.8, 4) is 0 Å². The van der Waals surface area contributed by atoms with E-state index in [1.807, 2.05) is 36.3 Å². The van der Waals surface area contributed by atoms with Crippen LogP contribution in [-0.2, 0) is 6.54 Å². The highest BCUT2D eigenvalue weighted by Gasteiger charge is 2.15. The topological polar surface area (TPSA) is 67.9 Å². The molecule has 110 valence electrons. The van der Waals surface area contributed by atoms with Gasteiger partial charge in [0.25, 0.3) is 0 Å². The van der Waals surface area contributed by atoms with E-state index in [0.717, 1.165) is 5.56 Å². The second kappa shape index (κ2) is 6.67. The predicted octanol–water partition coefficient (Wildman–Crippen LogP) is 0.988. The van der Waals surface area contributed by atoms with E-state index in [2.05, 4.69) is 29.4 Å². The molecule has 0 radical (unpaired) electrons. The number of aliphatic hydroxyl groups is 1. The zero-order valence-corrected chi connectivity index (χ0v) is 12.3. The maximum atomic E-state index is 9.98. The number of hydrogen-bond donors (Lipinski definition) is 2. The third-order valence-electron chi connectivity index (χ3n) is 3.50. The van der Waals surface area contributed by atoms with Crippen LogP contribution in [0.15, 0.2) is 30.9 Å². The summed E-state index contributed by atoms with van der Waals surface area (Å²) in [6.45, 7) is 7.28. The second-order valence-electron chi connectivity index (χ2n) is 5.32. The molecule has 0 saturated carbocycles. The first-order chi connectivity index (χ1) is 9.56. The van der Waals surface area contributed by atoms with Crippen molar-refractivity contribution in [1.29, 1.82) is 0 Å². The van der Waals surface area contributed by atoms with Crippen molar-refractivity contribution < 1.29 is 5.11 Å². The maximum Gasteiger partial charge on any atom is 0.0860 e. The molecule has 0 amide bonds. The Morgan fingerprint density at radius 3 is 2.75 bits per heavy atom. The molecule has 2 aromatic heterocycles. The van der Waals surface area contributed by atoms with Gasteiger partial charge >= 0.3 is 0 Å². The van der Waals surface area contributed by atoms with E-state index < -0.39 is 6.10 Å². The van der Waals surface area contributed by atoms with Crippen LogP contribution in [0.1, 0.15) is 25.5 Å². The molecule has 0 aromatic carbocycles. The normalized spacial score (nSPS) is 16.0. The Hall–Kier alpha value is -1.66. The quantitative estimate of drug-likeness (QED) is 0.792. The lowest BCUT2D eigenvalue weighted by Gasteiger charge is -2.23. The van der Waals surface area contributed by atoms with Gasteiger partial charge in [-0.3, -0.25) is 9.36 Å². The molecule has 2 aromatic rings. The largest absolute Gasteiger partial charge is 0.390 e. The highest BCUT2D eigenvalue weighted by atomic mass is 16.3. The van der Waals surface area contributed by atoms with Crippen LogP contribution in [-0.4, -0.2) is 43.4 Å². The van der Waals surface area contributed by atoms with Crippen molar-refractivity contribution in [2.45, 2.75) is 45.5 Å². The minimum Gasteiger partial charge on any atom is -0.390 e. The smallest absolute Gasteiger partial charge is 0.0860 e. The molecule has 2 heterocycles. The molecule has 2 rings (SSSR count). The lowest BCUT2D eigenvalue weighted by molar-refractivity contribution is 0.140. The zero-order valence-electron chi connectivity index (χ0n) is 12.3. The van der Waals surface area contributed by atoms with Crippen molar-refractivity contribution in [3.63, 3.8) is 0 Å². The van der Waals surface area contributed by atoms with Gasteiger partial charge in [-0.25, -0.2) is 0 Å². The summed E-state index contributed by atoms with van der Waals surface area (Å²) in [5.74, 6) is 0. The van der Waals surface area contributed by atoms with Crippen molar-refractivity contribution in [2.75, 3.05) is 6.54 Å². The lowest BCUT2D eigenvalue weighted by Crippen LogP contribution is -2.40. The molecule has 0 bridgehead atoms. The van der Waals surface area contributed by atoms with Gasteiger partial charge < -0.3 is 10.4 Å². The summed E-state index contributed by atoms with van der Waals surface area (Å²) in [5.41, 5.74) is 1.16. The molecule has 3 unspecified atom stereocenters. The molecule has 0 saturated heterocycles. The molecule has 3 atom stereocenters. The molecule has 6 heteroatoms. The fourth-order valence-electron chi connectivity index (χ4n) is 2.07. The van der Waals surface area contributed by atoms with E-state index in [1.165, 1.54) is 0 Å². The second-order valence-corrected chi connectivity index (χ2v) is 5.32. The summed E-state index contributed by atoms with van der Waals surface area (Å²) in [7, 11) is 0. The van der Waals surface area contributed by atoms with E-state index >= 15 is 0 Å². The predicted molar refractivity (Wildman–Crippen MR) is 77.4 cm³/mol. The Kier molecular flexibility index (Phi) is 4.92. The molecule has 0 spiro atoms. The van der Waals surface area contributed by atoms with Gasteiger partial charge in [0.1, 0.15) is 0 Å². The Morgan fingerprint density at radius 1 is 1.35 bits per heavy atom. The van der Waals surface area contributed by atoms with Gasteiger partial charge in [-0.1, -0.05) is 0 Å². The number of aryl methyl sites for hydroxylation is 1. The fraction of sp³-hybridized carbons (Fsp3) is 0.571. The number of aromatic nitrogens is 4. The van der Waals surface area contributed by atoms with E-state index in [0.29, 0.717) is 13.1 Å². The van der Waals surface area contributed by atoms with Gasteiger partial charge in [0.2, 0.25) is 0 Å².